The van der Waals surface area contributed by atoms with Crippen LogP contribution < -0.4 is 14.8 Å². The zero-order chi connectivity index (χ0) is 17.2. The Morgan fingerprint density at radius 1 is 0.958 bits per heavy atom. The van der Waals surface area contributed by atoms with Crippen LogP contribution in [0.2, 0.25) is 5.02 Å². The van der Waals surface area contributed by atoms with Crippen molar-refractivity contribution < 1.29 is 14.3 Å². The van der Waals surface area contributed by atoms with Gasteiger partial charge in [-0.15, -0.1) is 0 Å². The molecule has 0 aliphatic rings. The predicted molar refractivity (Wildman–Crippen MR) is 97.0 cm³/mol. The Bertz CT molecular complexity index is 626. The van der Waals surface area contributed by atoms with Gasteiger partial charge in [0.15, 0.2) is 6.61 Å². The van der Waals surface area contributed by atoms with Crippen molar-refractivity contribution in [1.29, 1.82) is 0 Å². The molecule has 0 saturated heterocycles. The number of amides is 1. The smallest absolute Gasteiger partial charge is 0.262 e. The second kappa shape index (κ2) is 9.83. The van der Waals surface area contributed by atoms with Crippen LogP contribution in [0.3, 0.4) is 0 Å². The standard InChI is InChI=1S/C19H22ClNO3/c1-2-3-4-13-23-17-9-11-18(12-10-17)24-14-19(22)21-16-7-5-15(20)6-8-16/h5-12H,2-4,13-14H2,1H3,(H,21,22). The maximum absolute atomic E-state index is 11.8. The van der Waals surface area contributed by atoms with Crippen LogP contribution in [0.5, 0.6) is 11.5 Å². The molecule has 0 bridgehead atoms. The lowest BCUT2D eigenvalue weighted by Gasteiger charge is -2.09. The monoisotopic (exact) mass is 347 g/mol. The minimum absolute atomic E-state index is 0.0562. The van der Waals surface area contributed by atoms with E-state index in [0.717, 1.165) is 18.8 Å². The fourth-order valence-electron chi connectivity index (χ4n) is 2.05. The molecule has 0 aromatic heterocycles. The molecule has 5 heteroatoms. The van der Waals surface area contributed by atoms with E-state index in [-0.39, 0.29) is 12.5 Å². The summed E-state index contributed by atoms with van der Waals surface area (Å²) in [6.45, 7) is 2.83. The maximum Gasteiger partial charge on any atom is 0.262 e. The van der Waals surface area contributed by atoms with Crippen LogP contribution in [0.4, 0.5) is 5.69 Å². The van der Waals surface area contributed by atoms with Crippen LogP contribution >= 0.6 is 11.6 Å². The topological polar surface area (TPSA) is 47.6 Å². The first-order valence-corrected chi connectivity index (χ1v) is 8.46. The van der Waals surface area contributed by atoms with Crippen LogP contribution in [0, 0.1) is 0 Å². The summed E-state index contributed by atoms with van der Waals surface area (Å²) in [5.74, 6) is 1.21. The van der Waals surface area contributed by atoms with Crippen molar-refractivity contribution >= 4 is 23.2 Å². The molecule has 2 aromatic rings. The van der Waals surface area contributed by atoms with Crippen LogP contribution in [0.1, 0.15) is 26.2 Å². The number of ether oxygens (including phenoxy) is 2. The SMILES string of the molecule is CCCCCOc1ccc(OCC(=O)Nc2ccc(Cl)cc2)cc1. The van der Waals surface area contributed by atoms with Gasteiger partial charge in [0.05, 0.1) is 6.61 Å². The second-order valence-corrected chi connectivity index (χ2v) is 5.81. The maximum atomic E-state index is 11.8. The summed E-state index contributed by atoms with van der Waals surface area (Å²) in [7, 11) is 0. The lowest BCUT2D eigenvalue weighted by molar-refractivity contribution is -0.118. The molecule has 0 unspecified atom stereocenters. The molecule has 128 valence electrons. The summed E-state index contributed by atoms with van der Waals surface area (Å²) in [6, 6.07) is 14.2. The molecule has 0 saturated carbocycles. The fourth-order valence-corrected chi connectivity index (χ4v) is 2.18. The summed E-state index contributed by atoms with van der Waals surface area (Å²) >= 11 is 5.80. The lowest BCUT2D eigenvalue weighted by atomic mass is 10.3. The second-order valence-electron chi connectivity index (χ2n) is 5.37. The normalized spacial score (nSPS) is 10.2. The molecule has 4 nitrogen and oxygen atoms in total. The van der Waals surface area contributed by atoms with Gasteiger partial charge in [-0.25, -0.2) is 0 Å². The highest BCUT2D eigenvalue weighted by molar-refractivity contribution is 6.30. The fraction of sp³-hybridized carbons (Fsp3) is 0.316. The van der Waals surface area contributed by atoms with Gasteiger partial charge in [-0.05, 0) is 55.0 Å². The highest BCUT2D eigenvalue weighted by atomic mass is 35.5. The van der Waals surface area contributed by atoms with E-state index in [1.54, 1.807) is 36.4 Å². The lowest BCUT2D eigenvalue weighted by Crippen LogP contribution is -2.20. The third kappa shape index (κ3) is 6.50. The Morgan fingerprint density at radius 2 is 1.58 bits per heavy atom. The number of hydrogen-bond donors (Lipinski definition) is 1. The molecule has 0 radical (unpaired) electrons. The van der Waals surface area contributed by atoms with Gasteiger partial charge >= 0.3 is 0 Å². The molecule has 0 aliphatic carbocycles. The van der Waals surface area contributed by atoms with Gasteiger partial charge in [0.1, 0.15) is 11.5 Å². The number of benzene rings is 2. The molecule has 2 rings (SSSR count). The number of carbonyl (C=O) groups is 1. The number of anilines is 1. The van der Waals surface area contributed by atoms with Gasteiger partial charge in [0.25, 0.3) is 5.91 Å². The summed E-state index contributed by atoms with van der Waals surface area (Å²) in [5.41, 5.74) is 0.684. The van der Waals surface area contributed by atoms with Crippen LogP contribution in [0.15, 0.2) is 48.5 Å². The van der Waals surface area contributed by atoms with Gasteiger partial charge in [-0.2, -0.15) is 0 Å². The molecule has 0 spiro atoms. The first kappa shape index (κ1) is 18.1. The zero-order valence-electron chi connectivity index (χ0n) is 13.8. The number of unbranched alkanes of at least 4 members (excludes halogenated alkanes) is 2. The van der Waals surface area contributed by atoms with Gasteiger partial charge < -0.3 is 14.8 Å². The summed E-state index contributed by atoms with van der Waals surface area (Å²) in [6.07, 6.45) is 3.40. The van der Waals surface area contributed by atoms with Crippen molar-refractivity contribution in [3.05, 3.63) is 53.6 Å². The zero-order valence-corrected chi connectivity index (χ0v) is 14.5. The van der Waals surface area contributed by atoms with Crippen LogP contribution in [0.25, 0.3) is 0 Å². The van der Waals surface area contributed by atoms with E-state index >= 15 is 0 Å². The Labute approximate surface area is 147 Å². The highest BCUT2D eigenvalue weighted by Gasteiger charge is 2.04. The number of carbonyl (C=O) groups excluding carboxylic acids is 1. The average molecular weight is 348 g/mol. The molecule has 0 atom stereocenters. The molecule has 0 heterocycles. The van der Waals surface area contributed by atoms with E-state index in [4.69, 9.17) is 21.1 Å². The number of hydrogen-bond acceptors (Lipinski definition) is 3. The number of nitrogens with one attached hydrogen (secondary N) is 1. The van der Waals surface area contributed by atoms with Gasteiger partial charge in [-0.1, -0.05) is 31.4 Å². The van der Waals surface area contributed by atoms with E-state index in [1.807, 2.05) is 12.1 Å². The van der Waals surface area contributed by atoms with Crippen molar-refractivity contribution in [2.75, 3.05) is 18.5 Å². The van der Waals surface area contributed by atoms with E-state index in [0.29, 0.717) is 16.5 Å². The molecule has 1 N–H and O–H groups in total. The Balaban J connectivity index is 1.73. The average Bonchev–Trinajstić information content (AvgIpc) is 2.60. The molecular formula is C19H22ClNO3. The highest BCUT2D eigenvalue weighted by Crippen LogP contribution is 2.18. The van der Waals surface area contributed by atoms with Gasteiger partial charge in [-0.3, -0.25) is 4.79 Å². The van der Waals surface area contributed by atoms with E-state index < -0.39 is 0 Å². The Kier molecular flexibility index (Phi) is 7.43. The molecule has 24 heavy (non-hydrogen) atoms. The van der Waals surface area contributed by atoms with Gasteiger partial charge in [0, 0.05) is 10.7 Å². The van der Waals surface area contributed by atoms with Crippen LogP contribution in [-0.4, -0.2) is 19.1 Å². The minimum atomic E-state index is -0.225. The van der Waals surface area contributed by atoms with Crippen molar-refractivity contribution in [2.24, 2.45) is 0 Å². The summed E-state index contributed by atoms with van der Waals surface area (Å²) in [5, 5.41) is 3.37. The molecule has 0 fully saturated rings. The first-order chi connectivity index (χ1) is 11.7. The number of halogens is 1. The van der Waals surface area contributed by atoms with Crippen molar-refractivity contribution in [1.82, 2.24) is 0 Å². The van der Waals surface area contributed by atoms with E-state index in [2.05, 4.69) is 12.2 Å². The largest absolute Gasteiger partial charge is 0.494 e. The van der Waals surface area contributed by atoms with Crippen molar-refractivity contribution in [2.45, 2.75) is 26.2 Å². The third-order valence-corrected chi connectivity index (χ3v) is 3.59. The van der Waals surface area contributed by atoms with Gasteiger partial charge in [0.2, 0.25) is 0 Å². The van der Waals surface area contributed by atoms with E-state index in [9.17, 15) is 4.79 Å². The van der Waals surface area contributed by atoms with Crippen LogP contribution in [-0.2, 0) is 4.79 Å². The van der Waals surface area contributed by atoms with Crippen molar-refractivity contribution in [3.63, 3.8) is 0 Å². The third-order valence-electron chi connectivity index (χ3n) is 3.34. The Hall–Kier alpha value is -2.20. The molecule has 1 amide bonds. The number of rotatable bonds is 9. The first-order valence-electron chi connectivity index (χ1n) is 8.08. The summed E-state index contributed by atoms with van der Waals surface area (Å²) in [4.78, 5) is 11.8. The predicted octanol–water partition coefficient (Wildman–Crippen LogP) is 4.93. The Morgan fingerprint density at radius 3 is 2.21 bits per heavy atom. The van der Waals surface area contributed by atoms with Crippen molar-refractivity contribution in [3.8, 4) is 11.5 Å². The molecule has 2 aromatic carbocycles. The summed E-state index contributed by atoms with van der Waals surface area (Å²) < 4.78 is 11.1. The molecular weight excluding hydrogens is 326 g/mol. The quantitative estimate of drug-likeness (QED) is 0.654. The molecule has 0 aliphatic heterocycles. The minimum Gasteiger partial charge on any atom is -0.494 e. The van der Waals surface area contributed by atoms with E-state index in [1.165, 1.54) is 12.8 Å².